The number of anilines is 2. The number of nitrogens with one attached hydrogen (secondary N) is 3. The number of carbonyl (C=O) groups excluding carboxylic acids is 2. The average molecular weight is 518 g/mol. The fourth-order valence-electron chi connectivity index (χ4n) is 2.98. The summed E-state index contributed by atoms with van der Waals surface area (Å²) in [4.78, 5) is 25.0. The fraction of sp³-hybridized carbons (Fsp3) is 0.136. The molecule has 32 heavy (non-hydrogen) atoms. The first-order chi connectivity index (χ1) is 15.3. The Hall–Kier alpha value is -3.37. The number of thiocarbonyl (C=S) groups is 1. The molecule has 0 aliphatic rings. The van der Waals surface area contributed by atoms with Gasteiger partial charge in [0.1, 0.15) is 11.5 Å². The van der Waals surface area contributed by atoms with E-state index in [1.54, 1.807) is 36.4 Å². The minimum absolute atomic E-state index is 0.0440. The van der Waals surface area contributed by atoms with Gasteiger partial charge in [0.05, 0.1) is 31.7 Å². The van der Waals surface area contributed by atoms with Crippen molar-refractivity contribution in [2.75, 3.05) is 24.9 Å². The maximum atomic E-state index is 12.8. The zero-order chi connectivity index (χ0) is 23.3. The number of carbonyl (C=O) groups is 2. The molecule has 0 aliphatic heterocycles. The van der Waals surface area contributed by atoms with Crippen molar-refractivity contribution < 1.29 is 23.5 Å². The number of benzene rings is 2. The van der Waals surface area contributed by atoms with Gasteiger partial charge in [0.2, 0.25) is 0 Å². The number of aryl methyl sites for hydroxylation is 1. The number of rotatable bonds is 6. The van der Waals surface area contributed by atoms with Gasteiger partial charge < -0.3 is 24.5 Å². The van der Waals surface area contributed by atoms with Gasteiger partial charge in [0.25, 0.3) is 11.8 Å². The third-order valence-corrected chi connectivity index (χ3v) is 5.03. The quantitative estimate of drug-likeness (QED) is 0.405. The van der Waals surface area contributed by atoms with Crippen LogP contribution < -0.4 is 25.4 Å². The van der Waals surface area contributed by atoms with Crippen LogP contribution in [0.3, 0.4) is 0 Å². The standard InChI is InChI=1S/C22H20BrN3O5S/c1-12-9-13(23)10-15(19(12)30-3)20(27)26-22(32)25-16-11-14(6-7-17(16)29-2)24-21(28)18-5-4-8-31-18/h4-11H,1-3H3,(H,24,28)(H2,25,26,27,32). The molecule has 3 rings (SSSR count). The Morgan fingerprint density at radius 3 is 2.47 bits per heavy atom. The number of furan rings is 1. The largest absolute Gasteiger partial charge is 0.496 e. The molecule has 3 N–H and O–H groups in total. The van der Waals surface area contributed by atoms with Crippen molar-refractivity contribution >= 4 is 56.4 Å². The number of hydrogen-bond donors (Lipinski definition) is 3. The molecule has 0 aliphatic carbocycles. The summed E-state index contributed by atoms with van der Waals surface area (Å²) in [6.45, 7) is 1.84. The van der Waals surface area contributed by atoms with Gasteiger partial charge in [0.15, 0.2) is 10.9 Å². The molecule has 8 nitrogen and oxygen atoms in total. The van der Waals surface area contributed by atoms with Crippen LogP contribution in [0.25, 0.3) is 0 Å². The van der Waals surface area contributed by atoms with E-state index >= 15 is 0 Å². The highest BCUT2D eigenvalue weighted by atomic mass is 79.9. The van der Waals surface area contributed by atoms with E-state index in [4.69, 9.17) is 26.1 Å². The lowest BCUT2D eigenvalue weighted by atomic mass is 10.1. The third kappa shape index (κ3) is 5.45. The van der Waals surface area contributed by atoms with Gasteiger partial charge in [-0.15, -0.1) is 0 Å². The van der Waals surface area contributed by atoms with E-state index in [0.29, 0.717) is 28.4 Å². The predicted molar refractivity (Wildman–Crippen MR) is 129 cm³/mol. The molecule has 0 saturated heterocycles. The molecular formula is C22H20BrN3O5S. The first-order valence-electron chi connectivity index (χ1n) is 9.31. The van der Waals surface area contributed by atoms with Crippen LogP contribution in [0.1, 0.15) is 26.5 Å². The number of halogens is 1. The molecule has 2 amide bonds. The Bertz CT molecular complexity index is 1160. The lowest BCUT2D eigenvalue weighted by Crippen LogP contribution is -2.34. The van der Waals surface area contributed by atoms with E-state index in [1.807, 2.05) is 13.0 Å². The smallest absolute Gasteiger partial charge is 0.291 e. The van der Waals surface area contributed by atoms with Crippen molar-refractivity contribution in [2.24, 2.45) is 0 Å². The number of hydrogen-bond acceptors (Lipinski definition) is 6. The maximum Gasteiger partial charge on any atom is 0.291 e. The summed E-state index contributed by atoms with van der Waals surface area (Å²) in [6.07, 6.45) is 1.42. The van der Waals surface area contributed by atoms with Gasteiger partial charge in [-0.25, -0.2) is 0 Å². The molecule has 0 atom stereocenters. The molecule has 1 heterocycles. The highest BCUT2D eigenvalue weighted by Crippen LogP contribution is 2.29. The molecule has 1 aromatic heterocycles. The SMILES string of the molecule is COc1ccc(NC(=O)c2ccco2)cc1NC(=S)NC(=O)c1cc(Br)cc(C)c1OC. The molecule has 0 radical (unpaired) electrons. The lowest BCUT2D eigenvalue weighted by molar-refractivity contribution is 0.0972. The van der Waals surface area contributed by atoms with Crippen molar-refractivity contribution in [3.63, 3.8) is 0 Å². The third-order valence-electron chi connectivity index (χ3n) is 4.37. The molecule has 166 valence electrons. The van der Waals surface area contributed by atoms with Crippen LogP contribution in [0.15, 0.2) is 57.6 Å². The molecule has 0 saturated carbocycles. The van der Waals surface area contributed by atoms with Crippen LogP contribution in [0.5, 0.6) is 11.5 Å². The van der Waals surface area contributed by atoms with E-state index < -0.39 is 11.8 Å². The molecular weight excluding hydrogens is 498 g/mol. The topological polar surface area (TPSA) is 102 Å². The number of methoxy groups -OCH3 is 2. The number of ether oxygens (including phenoxy) is 2. The summed E-state index contributed by atoms with van der Waals surface area (Å²) >= 11 is 8.69. The summed E-state index contributed by atoms with van der Waals surface area (Å²) < 4.78 is 16.5. The van der Waals surface area contributed by atoms with Crippen LogP contribution >= 0.6 is 28.1 Å². The Morgan fingerprint density at radius 1 is 1.03 bits per heavy atom. The molecule has 0 spiro atoms. The second-order valence-electron chi connectivity index (χ2n) is 6.56. The Balaban J connectivity index is 1.75. The average Bonchev–Trinajstić information content (AvgIpc) is 3.28. The fourth-order valence-corrected chi connectivity index (χ4v) is 3.75. The van der Waals surface area contributed by atoms with Gasteiger partial charge in [-0.2, -0.15) is 0 Å². The van der Waals surface area contributed by atoms with Crippen LogP contribution in [0, 0.1) is 6.92 Å². The first kappa shape index (κ1) is 23.3. The zero-order valence-electron chi connectivity index (χ0n) is 17.4. The summed E-state index contributed by atoms with van der Waals surface area (Å²) in [5, 5.41) is 8.32. The highest BCUT2D eigenvalue weighted by Gasteiger charge is 2.18. The van der Waals surface area contributed by atoms with Crippen molar-refractivity contribution in [1.29, 1.82) is 0 Å². The van der Waals surface area contributed by atoms with Crippen molar-refractivity contribution in [3.8, 4) is 11.5 Å². The first-order valence-corrected chi connectivity index (χ1v) is 10.5. The summed E-state index contributed by atoms with van der Waals surface area (Å²) in [6, 6.07) is 11.6. The van der Waals surface area contributed by atoms with Gasteiger partial charge >= 0.3 is 0 Å². The van der Waals surface area contributed by atoms with Crippen molar-refractivity contribution in [2.45, 2.75) is 6.92 Å². The Morgan fingerprint density at radius 2 is 1.81 bits per heavy atom. The second kappa shape index (κ2) is 10.3. The van der Waals surface area contributed by atoms with E-state index in [9.17, 15) is 9.59 Å². The summed E-state index contributed by atoms with van der Waals surface area (Å²) in [5.41, 5.74) is 2.06. The predicted octanol–water partition coefficient (Wildman–Crippen LogP) is 4.75. The molecule has 10 heteroatoms. The molecule has 0 bridgehead atoms. The van der Waals surface area contributed by atoms with Gasteiger partial charge in [0, 0.05) is 10.2 Å². The maximum absolute atomic E-state index is 12.8. The molecule has 3 aromatic rings. The highest BCUT2D eigenvalue weighted by molar-refractivity contribution is 9.10. The second-order valence-corrected chi connectivity index (χ2v) is 7.88. The van der Waals surface area contributed by atoms with E-state index in [1.165, 1.54) is 20.5 Å². The number of amides is 2. The zero-order valence-corrected chi connectivity index (χ0v) is 19.8. The van der Waals surface area contributed by atoms with Crippen molar-refractivity contribution in [3.05, 3.63) is 70.1 Å². The molecule has 2 aromatic carbocycles. The van der Waals surface area contributed by atoms with E-state index in [0.717, 1.165) is 10.0 Å². The molecule has 0 fully saturated rings. The minimum Gasteiger partial charge on any atom is -0.496 e. The van der Waals surface area contributed by atoms with Gasteiger partial charge in [-0.1, -0.05) is 15.9 Å². The molecule has 0 unspecified atom stereocenters. The van der Waals surface area contributed by atoms with Gasteiger partial charge in [-0.3, -0.25) is 14.9 Å². The van der Waals surface area contributed by atoms with Crippen LogP contribution in [0.2, 0.25) is 0 Å². The lowest BCUT2D eigenvalue weighted by Gasteiger charge is -2.16. The monoisotopic (exact) mass is 517 g/mol. The van der Waals surface area contributed by atoms with Crippen LogP contribution in [-0.4, -0.2) is 31.1 Å². The van der Waals surface area contributed by atoms with Crippen molar-refractivity contribution in [1.82, 2.24) is 5.32 Å². The Kier molecular flexibility index (Phi) is 7.49. The van der Waals surface area contributed by atoms with E-state index in [2.05, 4.69) is 31.9 Å². The normalized spacial score (nSPS) is 10.2. The summed E-state index contributed by atoms with van der Waals surface area (Å²) in [7, 11) is 3.00. The minimum atomic E-state index is -0.440. The van der Waals surface area contributed by atoms with Gasteiger partial charge in [-0.05, 0) is 67.2 Å². The van der Waals surface area contributed by atoms with Crippen LogP contribution in [-0.2, 0) is 0 Å². The van der Waals surface area contributed by atoms with E-state index in [-0.39, 0.29) is 10.9 Å². The Labute approximate surface area is 198 Å². The summed E-state index contributed by atoms with van der Waals surface area (Å²) in [5.74, 6) is 0.252. The van der Waals surface area contributed by atoms with Crippen LogP contribution in [0.4, 0.5) is 11.4 Å².